The molecule has 1 aliphatic carbocycles. The molecule has 1 aliphatic rings. The van der Waals surface area contributed by atoms with Gasteiger partial charge in [0.25, 0.3) is 0 Å². The minimum Gasteiger partial charge on any atom is -0.329 e. The summed E-state index contributed by atoms with van der Waals surface area (Å²) in [5.41, 5.74) is 0.689. The highest BCUT2D eigenvalue weighted by molar-refractivity contribution is 7.90. The van der Waals surface area contributed by atoms with Crippen LogP contribution in [0, 0.1) is 0 Å². The van der Waals surface area contributed by atoms with Gasteiger partial charge in [0.2, 0.25) is 5.91 Å². The monoisotopic (exact) mass is 479 g/mol. The molecule has 0 saturated carbocycles. The molecule has 0 saturated heterocycles. The number of ether oxygens (including phenoxy) is 1. The molecule has 1 unspecified atom stereocenters. The van der Waals surface area contributed by atoms with Crippen molar-refractivity contribution in [2.75, 3.05) is 6.26 Å². The summed E-state index contributed by atoms with van der Waals surface area (Å²) < 4.78 is 67.6. The molecule has 0 aliphatic heterocycles. The number of carbonyl (C=O) groups is 1. The molecule has 0 fully saturated rings. The van der Waals surface area contributed by atoms with Crippen LogP contribution in [0.15, 0.2) is 76.8 Å². The second-order valence-corrected chi connectivity index (χ2v) is 10.2. The van der Waals surface area contributed by atoms with Crippen molar-refractivity contribution < 1.29 is 31.1 Å². The van der Waals surface area contributed by atoms with E-state index in [0.717, 1.165) is 6.26 Å². The Labute approximate surface area is 190 Å². The smallest absolute Gasteiger partial charge is 0.329 e. The van der Waals surface area contributed by atoms with Gasteiger partial charge < -0.3 is 5.32 Å². The molecule has 176 valence electrons. The lowest BCUT2D eigenvalue weighted by molar-refractivity contribution is -0.353. The molecule has 0 aromatic heterocycles. The minimum absolute atomic E-state index is 0.0630. The number of amides is 1. The lowest BCUT2D eigenvalue weighted by Gasteiger charge is -2.38. The Morgan fingerprint density at radius 1 is 1.09 bits per heavy atom. The van der Waals surface area contributed by atoms with Crippen LogP contribution in [-0.2, 0) is 25.8 Å². The number of rotatable bonds is 6. The molecule has 2 aromatic carbocycles. The van der Waals surface area contributed by atoms with Crippen molar-refractivity contribution in [1.82, 2.24) is 5.32 Å². The average molecular weight is 480 g/mol. The summed E-state index contributed by atoms with van der Waals surface area (Å²) in [5, 5.41) is 2.68. The van der Waals surface area contributed by atoms with Gasteiger partial charge in [0, 0.05) is 18.4 Å². The van der Waals surface area contributed by atoms with Crippen molar-refractivity contribution in [3.05, 3.63) is 83.1 Å². The third kappa shape index (κ3) is 6.33. The summed E-state index contributed by atoms with van der Waals surface area (Å²) in [6, 6.07) is 14.5. The average Bonchev–Trinajstić information content (AvgIpc) is 2.66. The Hall–Kier alpha value is -2.91. The summed E-state index contributed by atoms with van der Waals surface area (Å²) in [7, 11) is -3.35. The molecule has 3 rings (SSSR count). The van der Waals surface area contributed by atoms with E-state index in [1.165, 1.54) is 31.2 Å². The zero-order valence-electron chi connectivity index (χ0n) is 18.4. The maximum Gasteiger partial charge on any atom is 0.523 e. The lowest BCUT2D eigenvalue weighted by atomic mass is 9.79. The van der Waals surface area contributed by atoms with Crippen LogP contribution in [0.5, 0.6) is 0 Å². The molecular weight excluding hydrogens is 455 g/mol. The summed E-state index contributed by atoms with van der Waals surface area (Å²) >= 11 is 0. The van der Waals surface area contributed by atoms with E-state index >= 15 is 0 Å². The first-order valence-electron chi connectivity index (χ1n) is 10.1. The second-order valence-electron chi connectivity index (χ2n) is 8.19. The molecule has 33 heavy (non-hydrogen) atoms. The molecular formula is C24H24F3NO4S. The minimum atomic E-state index is -4.87. The van der Waals surface area contributed by atoms with Gasteiger partial charge in [-0.1, -0.05) is 42.5 Å². The van der Waals surface area contributed by atoms with E-state index in [4.69, 9.17) is 0 Å². The fourth-order valence-corrected chi connectivity index (χ4v) is 4.71. The molecule has 9 heteroatoms. The van der Waals surface area contributed by atoms with Gasteiger partial charge in [-0.05, 0) is 54.3 Å². The summed E-state index contributed by atoms with van der Waals surface area (Å²) in [4.78, 5) is 12.7. The highest BCUT2D eigenvalue weighted by atomic mass is 32.2. The van der Waals surface area contributed by atoms with Gasteiger partial charge in [0.05, 0.1) is 11.3 Å². The maximum absolute atomic E-state index is 13.3. The van der Waals surface area contributed by atoms with E-state index in [1.807, 2.05) is 0 Å². The highest BCUT2D eigenvalue weighted by Gasteiger charge is 2.45. The topological polar surface area (TPSA) is 72.5 Å². The molecule has 0 radical (unpaired) electrons. The first kappa shape index (κ1) is 24.7. The molecule has 1 N–H and O–H groups in total. The Morgan fingerprint density at radius 3 is 2.24 bits per heavy atom. The molecule has 0 heterocycles. The van der Waals surface area contributed by atoms with Gasteiger partial charge in [-0.25, -0.2) is 8.42 Å². The number of halogens is 3. The number of hydrogen-bond acceptors (Lipinski definition) is 4. The standard InChI is InChI=1S/C24H24F3NO4S/c1-16-13-19(28-21(29)14-17-9-11-20(12-10-17)33(3,30)31)15-23(2,32-24(25,26)27)22(16)18-7-5-4-6-8-18/h4-13H,14-15H2,1-3H3,(H,28,29). The van der Waals surface area contributed by atoms with E-state index in [0.29, 0.717) is 28.0 Å². The van der Waals surface area contributed by atoms with Crippen LogP contribution in [0.2, 0.25) is 0 Å². The number of benzene rings is 2. The molecule has 0 spiro atoms. The molecule has 5 nitrogen and oxygen atoms in total. The second kappa shape index (κ2) is 9.15. The number of nitrogens with one attached hydrogen (secondary N) is 1. The fourth-order valence-electron chi connectivity index (χ4n) is 4.08. The fraction of sp³-hybridized carbons (Fsp3) is 0.292. The zero-order valence-corrected chi connectivity index (χ0v) is 19.2. The Balaban J connectivity index is 1.84. The molecule has 1 atom stereocenters. The van der Waals surface area contributed by atoms with Crippen LogP contribution in [0.25, 0.3) is 5.57 Å². The number of alkyl halides is 3. The van der Waals surface area contributed by atoms with E-state index in [9.17, 15) is 26.4 Å². The van der Waals surface area contributed by atoms with Crippen molar-refractivity contribution in [3.8, 4) is 0 Å². The predicted octanol–water partition coefficient (Wildman–Crippen LogP) is 4.81. The van der Waals surface area contributed by atoms with Crippen molar-refractivity contribution >= 4 is 21.3 Å². The van der Waals surface area contributed by atoms with Crippen LogP contribution >= 0.6 is 0 Å². The Bertz CT molecular complexity index is 1200. The first-order chi connectivity index (χ1) is 15.3. The van der Waals surface area contributed by atoms with Crippen LogP contribution < -0.4 is 5.32 Å². The van der Waals surface area contributed by atoms with Gasteiger partial charge in [-0.2, -0.15) is 0 Å². The SMILES string of the molecule is CC1=C(c2ccccc2)C(C)(OC(F)(F)F)CC(NC(=O)Cc2ccc(S(C)(=O)=O)cc2)=C1. The number of carbonyl (C=O) groups excluding carboxylic acids is 1. The van der Waals surface area contributed by atoms with Gasteiger partial charge >= 0.3 is 6.36 Å². The third-order valence-corrected chi connectivity index (χ3v) is 6.39. The lowest BCUT2D eigenvalue weighted by Crippen LogP contribution is -2.41. The highest BCUT2D eigenvalue weighted by Crippen LogP contribution is 2.44. The number of allylic oxidation sites excluding steroid dienone is 2. The largest absolute Gasteiger partial charge is 0.523 e. The van der Waals surface area contributed by atoms with Gasteiger partial charge in [0.1, 0.15) is 5.60 Å². The van der Waals surface area contributed by atoms with Crippen LogP contribution in [-0.4, -0.2) is 32.5 Å². The van der Waals surface area contributed by atoms with Gasteiger partial charge in [-0.3, -0.25) is 9.53 Å². The number of sulfone groups is 1. The van der Waals surface area contributed by atoms with Gasteiger partial charge in [-0.15, -0.1) is 13.2 Å². The summed E-state index contributed by atoms with van der Waals surface area (Å²) in [6.45, 7) is 3.03. The zero-order chi connectivity index (χ0) is 24.4. The molecule has 0 bridgehead atoms. The first-order valence-corrected chi connectivity index (χ1v) is 12.0. The third-order valence-electron chi connectivity index (χ3n) is 5.26. The van der Waals surface area contributed by atoms with E-state index < -0.39 is 27.7 Å². The normalized spacial score (nSPS) is 19.3. The Kier molecular flexibility index (Phi) is 6.85. The van der Waals surface area contributed by atoms with Crippen molar-refractivity contribution in [2.24, 2.45) is 0 Å². The quantitative estimate of drug-likeness (QED) is 0.646. The van der Waals surface area contributed by atoms with Crippen LogP contribution in [0.4, 0.5) is 13.2 Å². The van der Waals surface area contributed by atoms with Crippen LogP contribution in [0.1, 0.15) is 31.4 Å². The predicted molar refractivity (Wildman–Crippen MR) is 119 cm³/mol. The number of hydrogen-bond donors (Lipinski definition) is 1. The van der Waals surface area contributed by atoms with Crippen LogP contribution in [0.3, 0.4) is 0 Å². The van der Waals surface area contributed by atoms with Crippen molar-refractivity contribution in [3.63, 3.8) is 0 Å². The van der Waals surface area contributed by atoms with Crippen molar-refractivity contribution in [1.29, 1.82) is 0 Å². The molecule has 2 aromatic rings. The summed E-state index contributed by atoms with van der Waals surface area (Å²) in [6.07, 6.45) is -2.39. The van der Waals surface area contributed by atoms with E-state index in [1.54, 1.807) is 43.3 Å². The Morgan fingerprint density at radius 2 is 1.70 bits per heavy atom. The maximum atomic E-state index is 13.3. The van der Waals surface area contributed by atoms with Crippen molar-refractivity contribution in [2.45, 2.75) is 43.5 Å². The van der Waals surface area contributed by atoms with E-state index in [-0.39, 0.29) is 17.7 Å². The molecule has 1 amide bonds. The van der Waals surface area contributed by atoms with Gasteiger partial charge in [0.15, 0.2) is 9.84 Å². The van der Waals surface area contributed by atoms with E-state index in [2.05, 4.69) is 10.1 Å². The summed E-state index contributed by atoms with van der Waals surface area (Å²) in [5.74, 6) is -0.432.